The van der Waals surface area contributed by atoms with Gasteiger partial charge in [0.2, 0.25) is 0 Å². The molecule has 0 atom stereocenters. The van der Waals surface area contributed by atoms with Crippen LogP contribution in [0.1, 0.15) is 194 Å². The van der Waals surface area contributed by atoms with Gasteiger partial charge in [0.25, 0.3) is 0 Å². The standard InChI is InChI=1S/C23H46O3.C10H23N/c1-2-3-4-5-6-7-8-9-10-11-12-13-14-15-16-17-18-19-20-21-23(25)26-22-24;1-2-3-4-5-6-7-8-9-10-11/h24H,2-22H2,1H3;2-11H2,1H3. The molecular formula is C33H69NO3. The Bertz CT molecular complexity index is 395. The van der Waals surface area contributed by atoms with E-state index >= 15 is 0 Å². The fourth-order valence-corrected chi connectivity index (χ4v) is 4.77. The van der Waals surface area contributed by atoms with E-state index in [0.717, 1.165) is 19.4 Å². The fraction of sp³-hybridized carbons (Fsp3) is 0.970. The minimum absolute atomic E-state index is 0.278. The van der Waals surface area contributed by atoms with Gasteiger partial charge in [-0.15, -0.1) is 0 Å². The topological polar surface area (TPSA) is 72.5 Å². The molecule has 0 spiro atoms. The van der Waals surface area contributed by atoms with Gasteiger partial charge in [-0.25, -0.2) is 0 Å². The molecule has 0 bridgehead atoms. The Morgan fingerprint density at radius 2 is 0.757 bits per heavy atom. The van der Waals surface area contributed by atoms with E-state index in [9.17, 15) is 4.79 Å². The third kappa shape index (κ3) is 40.0. The van der Waals surface area contributed by atoms with Gasteiger partial charge >= 0.3 is 5.97 Å². The van der Waals surface area contributed by atoms with E-state index in [4.69, 9.17) is 10.8 Å². The van der Waals surface area contributed by atoms with Gasteiger partial charge in [-0.05, 0) is 19.4 Å². The van der Waals surface area contributed by atoms with Gasteiger partial charge in [-0.3, -0.25) is 4.79 Å². The van der Waals surface area contributed by atoms with Crippen LogP contribution < -0.4 is 5.73 Å². The summed E-state index contributed by atoms with van der Waals surface area (Å²) in [5, 5.41) is 8.45. The first-order valence-electron chi connectivity index (χ1n) is 16.7. The third-order valence-corrected chi connectivity index (χ3v) is 7.27. The summed E-state index contributed by atoms with van der Waals surface area (Å²) in [6, 6.07) is 0. The summed E-state index contributed by atoms with van der Waals surface area (Å²) >= 11 is 0. The molecule has 0 fully saturated rings. The summed E-state index contributed by atoms with van der Waals surface area (Å²) in [6.45, 7) is 4.92. The van der Waals surface area contributed by atoms with Gasteiger partial charge in [-0.2, -0.15) is 0 Å². The highest BCUT2D eigenvalue weighted by molar-refractivity contribution is 5.69. The van der Waals surface area contributed by atoms with E-state index in [-0.39, 0.29) is 5.97 Å². The molecular weight excluding hydrogens is 458 g/mol. The summed E-state index contributed by atoms with van der Waals surface area (Å²) in [6.07, 6.45) is 37.1. The molecule has 0 aromatic carbocycles. The summed E-state index contributed by atoms with van der Waals surface area (Å²) in [7, 11) is 0. The van der Waals surface area contributed by atoms with Gasteiger partial charge < -0.3 is 15.6 Å². The van der Waals surface area contributed by atoms with Crippen molar-refractivity contribution < 1.29 is 14.6 Å². The second-order valence-electron chi connectivity index (χ2n) is 11.0. The highest BCUT2D eigenvalue weighted by Gasteiger charge is 2.01. The quantitative estimate of drug-likeness (QED) is 0.0576. The zero-order chi connectivity index (χ0) is 27.5. The molecule has 4 heteroatoms. The zero-order valence-corrected chi connectivity index (χ0v) is 25.6. The summed E-state index contributed by atoms with van der Waals surface area (Å²) in [5.41, 5.74) is 5.39. The number of ether oxygens (including phenoxy) is 1. The maximum Gasteiger partial charge on any atom is 0.307 e. The van der Waals surface area contributed by atoms with Crippen molar-refractivity contribution in [2.75, 3.05) is 13.3 Å². The number of rotatable bonds is 29. The van der Waals surface area contributed by atoms with Gasteiger partial charge in [0.05, 0.1) is 0 Å². The molecule has 3 N–H and O–H groups in total. The van der Waals surface area contributed by atoms with Crippen LogP contribution in [-0.2, 0) is 9.53 Å². The molecule has 0 aromatic rings. The lowest BCUT2D eigenvalue weighted by Gasteiger charge is -2.04. The Hall–Kier alpha value is -0.610. The molecule has 0 aliphatic rings. The molecule has 0 amide bonds. The first-order valence-corrected chi connectivity index (χ1v) is 16.7. The van der Waals surface area contributed by atoms with E-state index < -0.39 is 6.79 Å². The second kappa shape index (κ2) is 37.5. The van der Waals surface area contributed by atoms with Crippen molar-refractivity contribution in [2.45, 2.75) is 194 Å². The molecule has 0 saturated carbocycles. The largest absolute Gasteiger partial charge is 0.439 e. The highest BCUT2D eigenvalue weighted by Crippen LogP contribution is 2.15. The Labute approximate surface area is 233 Å². The lowest BCUT2D eigenvalue weighted by atomic mass is 10.0. The molecule has 0 aromatic heterocycles. The summed E-state index contributed by atoms with van der Waals surface area (Å²) in [4.78, 5) is 11.0. The van der Waals surface area contributed by atoms with Crippen molar-refractivity contribution in [2.24, 2.45) is 5.73 Å². The van der Waals surface area contributed by atoms with Crippen molar-refractivity contribution in [3.63, 3.8) is 0 Å². The third-order valence-electron chi connectivity index (χ3n) is 7.27. The maximum absolute atomic E-state index is 11.0. The normalized spacial score (nSPS) is 10.8. The molecule has 0 aliphatic carbocycles. The molecule has 4 nitrogen and oxygen atoms in total. The maximum atomic E-state index is 11.0. The number of carbonyl (C=O) groups is 1. The van der Waals surface area contributed by atoms with Crippen LogP contribution in [0, 0.1) is 0 Å². The lowest BCUT2D eigenvalue weighted by Crippen LogP contribution is -2.04. The first-order chi connectivity index (χ1) is 18.2. The van der Waals surface area contributed by atoms with E-state index in [1.54, 1.807) is 0 Å². The Morgan fingerprint density at radius 1 is 0.486 bits per heavy atom. The van der Waals surface area contributed by atoms with E-state index in [1.807, 2.05) is 0 Å². The lowest BCUT2D eigenvalue weighted by molar-refractivity contribution is -0.151. The van der Waals surface area contributed by atoms with Gasteiger partial charge in [0.1, 0.15) is 0 Å². The Morgan fingerprint density at radius 3 is 1.03 bits per heavy atom. The molecule has 0 radical (unpaired) electrons. The smallest absolute Gasteiger partial charge is 0.307 e. The molecule has 0 heterocycles. The van der Waals surface area contributed by atoms with Gasteiger partial charge in [-0.1, -0.05) is 174 Å². The molecule has 0 aliphatic heterocycles. The predicted octanol–water partition coefficient (Wildman–Crippen LogP) is 10.4. The van der Waals surface area contributed by atoms with Crippen LogP contribution in [0.25, 0.3) is 0 Å². The van der Waals surface area contributed by atoms with Crippen LogP contribution in [0.2, 0.25) is 0 Å². The monoisotopic (exact) mass is 528 g/mol. The van der Waals surface area contributed by atoms with Crippen LogP contribution in [0.3, 0.4) is 0 Å². The zero-order valence-electron chi connectivity index (χ0n) is 25.6. The number of hydrogen-bond donors (Lipinski definition) is 2. The predicted molar refractivity (Wildman–Crippen MR) is 163 cm³/mol. The second-order valence-corrected chi connectivity index (χ2v) is 11.0. The Kier molecular flexibility index (Phi) is 39.1. The average Bonchev–Trinajstić information content (AvgIpc) is 2.90. The molecule has 0 saturated heterocycles. The number of carbonyl (C=O) groups excluding carboxylic acids is 1. The van der Waals surface area contributed by atoms with Gasteiger partial charge in [0, 0.05) is 6.42 Å². The van der Waals surface area contributed by atoms with E-state index in [0.29, 0.717) is 6.42 Å². The highest BCUT2D eigenvalue weighted by atomic mass is 16.6. The van der Waals surface area contributed by atoms with E-state index in [1.165, 1.54) is 161 Å². The minimum Gasteiger partial charge on any atom is -0.439 e. The summed E-state index contributed by atoms with van der Waals surface area (Å²) < 4.78 is 4.50. The summed E-state index contributed by atoms with van der Waals surface area (Å²) in [5.74, 6) is -0.278. The fourth-order valence-electron chi connectivity index (χ4n) is 4.77. The SMILES string of the molecule is CCCCCCCCCCCCCCCCCCCCCC(=O)OCO.CCCCCCCCCCN. The number of esters is 1. The van der Waals surface area contributed by atoms with Crippen LogP contribution in [-0.4, -0.2) is 24.4 Å². The number of nitrogens with two attached hydrogens (primary N) is 1. The van der Waals surface area contributed by atoms with Crippen molar-refractivity contribution in [1.29, 1.82) is 0 Å². The van der Waals surface area contributed by atoms with Crippen LogP contribution in [0.15, 0.2) is 0 Å². The van der Waals surface area contributed by atoms with Crippen LogP contribution >= 0.6 is 0 Å². The minimum atomic E-state index is -0.488. The number of hydrogen-bond acceptors (Lipinski definition) is 4. The van der Waals surface area contributed by atoms with Crippen LogP contribution in [0.4, 0.5) is 0 Å². The average molecular weight is 528 g/mol. The van der Waals surface area contributed by atoms with Crippen LogP contribution in [0.5, 0.6) is 0 Å². The number of unbranched alkanes of at least 4 members (excludes halogenated alkanes) is 25. The van der Waals surface area contributed by atoms with Crippen molar-refractivity contribution in [3.05, 3.63) is 0 Å². The molecule has 224 valence electrons. The Balaban J connectivity index is 0. The number of aliphatic hydroxyl groups is 1. The first kappa shape index (κ1) is 38.5. The van der Waals surface area contributed by atoms with Crippen molar-refractivity contribution in [1.82, 2.24) is 0 Å². The van der Waals surface area contributed by atoms with Crippen molar-refractivity contribution in [3.8, 4) is 0 Å². The molecule has 0 unspecified atom stereocenters. The molecule has 37 heavy (non-hydrogen) atoms. The molecule has 0 rings (SSSR count). The van der Waals surface area contributed by atoms with Crippen molar-refractivity contribution >= 4 is 5.97 Å². The van der Waals surface area contributed by atoms with E-state index in [2.05, 4.69) is 18.6 Å². The van der Waals surface area contributed by atoms with Gasteiger partial charge in [0.15, 0.2) is 6.79 Å². The number of aliphatic hydroxyl groups excluding tert-OH is 1.